The number of carbonyl (C=O) groups is 3. The van der Waals surface area contributed by atoms with Crippen molar-refractivity contribution in [1.29, 1.82) is 0 Å². The van der Waals surface area contributed by atoms with Gasteiger partial charge in [0, 0.05) is 12.6 Å². The quantitative estimate of drug-likeness (QED) is 0.728. The van der Waals surface area contributed by atoms with E-state index in [0.717, 1.165) is 38.5 Å². The number of amides is 3. The first kappa shape index (κ1) is 19.0. The smallest absolute Gasteiger partial charge is 0.328 e. The summed E-state index contributed by atoms with van der Waals surface area (Å²) in [7, 11) is 1.36. The molecule has 0 aromatic heterocycles. The summed E-state index contributed by atoms with van der Waals surface area (Å²) in [4.78, 5) is 38.6. The minimum atomic E-state index is -0.510. The van der Waals surface area contributed by atoms with Crippen molar-refractivity contribution >= 4 is 17.9 Å². The third-order valence-corrected chi connectivity index (χ3v) is 6.28. The molecule has 3 fully saturated rings. The lowest BCUT2D eigenvalue weighted by Gasteiger charge is -2.33. The van der Waals surface area contributed by atoms with E-state index in [1.54, 1.807) is 4.90 Å². The second kappa shape index (κ2) is 8.73. The molecule has 2 saturated carbocycles. The first-order valence-electron chi connectivity index (χ1n) is 10.0. The van der Waals surface area contributed by atoms with Crippen molar-refractivity contribution in [2.75, 3.05) is 20.2 Å². The Morgan fingerprint density at radius 1 is 1.00 bits per heavy atom. The summed E-state index contributed by atoms with van der Waals surface area (Å²) in [5.74, 6) is 0.388. The average molecular weight is 365 g/mol. The van der Waals surface area contributed by atoms with E-state index in [0.29, 0.717) is 24.8 Å². The Kier molecular flexibility index (Phi) is 6.38. The molecule has 7 nitrogen and oxygen atoms in total. The summed E-state index contributed by atoms with van der Waals surface area (Å²) >= 11 is 0. The Bertz CT molecular complexity index is 533. The number of urea groups is 1. The Labute approximate surface area is 155 Å². The SMILES string of the molecule is COC(=O)C1CC2CCCCC2N1C(=O)CNC(=O)NCC1CCCC1. The number of nitrogens with zero attached hydrogens (tertiary/aromatic N) is 1. The van der Waals surface area contributed by atoms with E-state index in [4.69, 9.17) is 4.74 Å². The molecule has 3 atom stereocenters. The van der Waals surface area contributed by atoms with E-state index in [-0.39, 0.29) is 30.5 Å². The van der Waals surface area contributed by atoms with Crippen molar-refractivity contribution in [2.24, 2.45) is 11.8 Å². The van der Waals surface area contributed by atoms with Gasteiger partial charge in [0.1, 0.15) is 6.04 Å². The number of nitrogens with one attached hydrogen (secondary N) is 2. The molecule has 2 aliphatic carbocycles. The van der Waals surface area contributed by atoms with E-state index < -0.39 is 6.04 Å². The summed E-state index contributed by atoms with van der Waals surface area (Å²) in [6.45, 7) is 0.590. The van der Waals surface area contributed by atoms with Crippen molar-refractivity contribution in [3.8, 4) is 0 Å². The van der Waals surface area contributed by atoms with Gasteiger partial charge >= 0.3 is 12.0 Å². The molecule has 3 aliphatic rings. The van der Waals surface area contributed by atoms with Gasteiger partial charge in [-0.3, -0.25) is 4.79 Å². The van der Waals surface area contributed by atoms with Crippen LogP contribution in [0.25, 0.3) is 0 Å². The first-order chi connectivity index (χ1) is 12.6. The highest BCUT2D eigenvalue weighted by Crippen LogP contribution is 2.40. The fourth-order valence-electron chi connectivity index (χ4n) is 4.93. The predicted molar refractivity (Wildman–Crippen MR) is 96.4 cm³/mol. The summed E-state index contributed by atoms with van der Waals surface area (Å²) < 4.78 is 4.91. The highest BCUT2D eigenvalue weighted by Gasteiger charge is 2.47. The van der Waals surface area contributed by atoms with Gasteiger partial charge in [-0.1, -0.05) is 25.7 Å². The molecule has 0 aromatic carbocycles. The lowest BCUT2D eigenvalue weighted by Crippen LogP contribution is -2.51. The lowest BCUT2D eigenvalue weighted by molar-refractivity contribution is -0.152. The molecule has 3 amide bonds. The number of fused-ring (bicyclic) bond motifs is 1. The molecular formula is C19H31N3O4. The number of hydrogen-bond donors (Lipinski definition) is 2. The van der Waals surface area contributed by atoms with Crippen LogP contribution in [0.5, 0.6) is 0 Å². The van der Waals surface area contributed by atoms with Crippen LogP contribution in [0.1, 0.15) is 57.8 Å². The van der Waals surface area contributed by atoms with Gasteiger partial charge in [0.05, 0.1) is 13.7 Å². The fourth-order valence-corrected chi connectivity index (χ4v) is 4.93. The molecule has 7 heteroatoms. The van der Waals surface area contributed by atoms with Crippen LogP contribution < -0.4 is 10.6 Å². The lowest BCUT2D eigenvalue weighted by atomic mass is 9.85. The molecule has 3 rings (SSSR count). The largest absolute Gasteiger partial charge is 0.467 e. The van der Waals surface area contributed by atoms with Gasteiger partial charge in [-0.05, 0) is 43.9 Å². The number of methoxy groups -OCH3 is 1. The molecule has 26 heavy (non-hydrogen) atoms. The number of rotatable bonds is 5. The number of ether oxygens (including phenoxy) is 1. The van der Waals surface area contributed by atoms with Crippen LogP contribution in [-0.4, -0.2) is 55.1 Å². The van der Waals surface area contributed by atoms with E-state index in [1.165, 1.54) is 20.0 Å². The third kappa shape index (κ3) is 4.30. The Morgan fingerprint density at radius 2 is 1.69 bits per heavy atom. The summed E-state index contributed by atoms with van der Waals surface area (Å²) in [5, 5.41) is 5.52. The predicted octanol–water partition coefficient (Wildman–Crippen LogP) is 1.81. The van der Waals surface area contributed by atoms with Crippen molar-refractivity contribution < 1.29 is 19.1 Å². The van der Waals surface area contributed by atoms with Gasteiger partial charge in [0.2, 0.25) is 5.91 Å². The maximum absolute atomic E-state index is 12.8. The van der Waals surface area contributed by atoms with Gasteiger partial charge in [0.25, 0.3) is 0 Å². The van der Waals surface area contributed by atoms with Gasteiger partial charge in [0.15, 0.2) is 0 Å². The Hall–Kier alpha value is -1.79. The zero-order valence-corrected chi connectivity index (χ0v) is 15.7. The van der Waals surface area contributed by atoms with Crippen molar-refractivity contribution in [3.05, 3.63) is 0 Å². The minimum Gasteiger partial charge on any atom is -0.467 e. The standard InChI is InChI=1S/C19H31N3O4/c1-26-18(24)16-10-14-8-4-5-9-15(14)22(16)17(23)12-21-19(25)20-11-13-6-2-3-7-13/h13-16H,2-12H2,1H3,(H2,20,21,25). The Morgan fingerprint density at radius 3 is 2.42 bits per heavy atom. The monoisotopic (exact) mass is 365 g/mol. The molecule has 1 aliphatic heterocycles. The minimum absolute atomic E-state index is 0.0762. The fraction of sp³-hybridized carbons (Fsp3) is 0.842. The normalized spacial score (nSPS) is 28.5. The highest BCUT2D eigenvalue weighted by molar-refractivity contribution is 5.89. The topological polar surface area (TPSA) is 87.7 Å². The summed E-state index contributed by atoms with van der Waals surface area (Å²) in [6.07, 6.45) is 9.69. The number of likely N-dealkylation sites (tertiary alicyclic amines) is 1. The zero-order chi connectivity index (χ0) is 18.5. The van der Waals surface area contributed by atoms with Crippen LogP contribution in [-0.2, 0) is 14.3 Å². The molecule has 3 unspecified atom stereocenters. The van der Waals surface area contributed by atoms with Crippen LogP contribution in [0.15, 0.2) is 0 Å². The Balaban J connectivity index is 1.52. The maximum atomic E-state index is 12.8. The van der Waals surface area contributed by atoms with Gasteiger partial charge < -0.3 is 20.3 Å². The summed E-state index contributed by atoms with van der Waals surface area (Å²) in [5.41, 5.74) is 0. The number of carbonyl (C=O) groups excluding carboxylic acids is 3. The van der Waals surface area contributed by atoms with Crippen LogP contribution in [0, 0.1) is 11.8 Å². The number of hydrogen-bond acceptors (Lipinski definition) is 4. The second-order valence-electron chi connectivity index (χ2n) is 7.90. The molecule has 1 heterocycles. The molecule has 0 aromatic rings. The van der Waals surface area contributed by atoms with Crippen LogP contribution in [0.2, 0.25) is 0 Å². The maximum Gasteiger partial charge on any atom is 0.328 e. The molecule has 2 N–H and O–H groups in total. The van der Waals surface area contributed by atoms with E-state index in [9.17, 15) is 14.4 Å². The van der Waals surface area contributed by atoms with Crippen molar-refractivity contribution in [3.63, 3.8) is 0 Å². The van der Waals surface area contributed by atoms with E-state index in [1.807, 2.05) is 0 Å². The molecule has 0 bridgehead atoms. The highest BCUT2D eigenvalue weighted by atomic mass is 16.5. The van der Waals surface area contributed by atoms with Crippen LogP contribution >= 0.6 is 0 Å². The molecule has 146 valence electrons. The van der Waals surface area contributed by atoms with Crippen molar-refractivity contribution in [2.45, 2.75) is 69.9 Å². The third-order valence-electron chi connectivity index (χ3n) is 6.28. The number of esters is 1. The average Bonchev–Trinajstić information content (AvgIpc) is 3.31. The van der Waals surface area contributed by atoms with E-state index >= 15 is 0 Å². The zero-order valence-electron chi connectivity index (χ0n) is 15.7. The molecular weight excluding hydrogens is 334 g/mol. The van der Waals surface area contributed by atoms with E-state index in [2.05, 4.69) is 10.6 Å². The molecule has 0 spiro atoms. The van der Waals surface area contributed by atoms with Gasteiger partial charge in [-0.25, -0.2) is 9.59 Å². The van der Waals surface area contributed by atoms with Gasteiger partial charge in [-0.15, -0.1) is 0 Å². The van der Waals surface area contributed by atoms with Crippen molar-refractivity contribution in [1.82, 2.24) is 15.5 Å². The van der Waals surface area contributed by atoms with Gasteiger partial charge in [-0.2, -0.15) is 0 Å². The van der Waals surface area contributed by atoms with Crippen LogP contribution in [0.4, 0.5) is 4.79 Å². The molecule has 0 radical (unpaired) electrons. The summed E-state index contributed by atoms with van der Waals surface area (Å²) in [6, 6.07) is -0.716. The molecule has 1 saturated heterocycles. The first-order valence-corrected chi connectivity index (χ1v) is 10.0. The van der Waals surface area contributed by atoms with Crippen LogP contribution in [0.3, 0.4) is 0 Å². The second-order valence-corrected chi connectivity index (χ2v) is 7.90.